The minimum atomic E-state index is -0.682. The number of ether oxygens (including phenoxy) is 2. The van der Waals surface area contributed by atoms with Crippen molar-refractivity contribution in [3.8, 4) is 0 Å². The second-order valence-electron chi connectivity index (χ2n) is 18.4. The number of guanidine groups is 1. The fourth-order valence-electron chi connectivity index (χ4n) is 6.73. The summed E-state index contributed by atoms with van der Waals surface area (Å²) >= 11 is 0. The summed E-state index contributed by atoms with van der Waals surface area (Å²) in [6.45, 7) is 16.4. The monoisotopic (exact) mass is 827 g/mol. The van der Waals surface area contributed by atoms with Gasteiger partial charge in [0.1, 0.15) is 11.2 Å². The lowest BCUT2D eigenvalue weighted by Crippen LogP contribution is -2.47. The number of carbonyl (C=O) groups is 2. The first-order chi connectivity index (χ1) is 28.3. The number of likely N-dealkylation sites (N-methyl/N-ethyl adjacent to an activating group) is 1. The molecule has 0 aliphatic rings. The van der Waals surface area contributed by atoms with E-state index in [1.165, 1.54) is 154 Å². The minimum Gasteiger partial charge on any atom is -0.444 e. The van der Waals surface area contributed by atoms with Gasteiger partial charge in [-0.25, -0.2) is 9.59 Å². The second-order valence-corrected chi connectivity index (χ2v) is 18.4. The number of rotatable bonds is 34. The summed E-state index contributed by atoms with van der Waals surface area (Å²) in [6, 6.07) is 0.475. The fourth-order valence-corrected chi connectivity index (χ4v) is 6.73. The molecule has 8 nitrogen and oxygen atoms in total. The van der Waals surface area contributed by atoms with Crippen LogP contribution in [0.25, 0.3) is 0 Å². The number of nitrogens with one attached hydrogen (secondary N) is 2. The molecule has 0 rings (SSSR count). The smallest absolute Gasteiger partial charge is 0.414 e. The highest BCUT2D eigenvalue weighted by atomic mass is 16.6. The Balaban J connectivity index is 4.95. The van der Waals surface area contributed by atoms with Crippen molar-refractivity contribution in [1.82, 2.24) is 15.5 Å². The molecule has 59 heavy (non-hydrogen) atoms. The van der Waals surface area contributed by atoms with Crippen LogP contribution in [0.5, 0.6) is 0 Å². The summed E-state index contributed by atoms with van der Waals surface area (Å²) in [5.41, 5.74) is -1.36. The SMILES string of the molecule is CCCCC/C=C\C/C=C\CCCCCCCCC(CCCCCCCC/C=C\C/C=C\CCCCC)N(C)CCN=C(NC(=O)OC(C)(C)C)NC(=O)OC(C)(C)C. The van der Waals surface area contributed by atoms with Crippen molar-refractivity contribution in [3.05, 3.63) is 48.6 Å². The molecular formula is C51H94N4O4. The van der Waals surface area contributed by atoms with E-state index in [0.29, 0.717) is 19.1 Å². The minimum absolute atomic E-state index is 0.0358. The molecule has 2 amide bonds. The Morgan fingerprint density at radius 3 is 1.22 bits per heavy atom. The van der Waals surface area contributed by atoms with Gasteiger partial charge in [-0.05, 0) is 126 Å². The normalized spacial score (nSPS) is 12.5. The number of allylic oxidation sites excluding steroid dienone is 8. The molecular weight excluding hydrogens is 733 g/mol. The predicted molar refractivity (Wildman–Crippen MR) is 255 cm³/mol. The maximum Gasteiger partial charge on any atom is 0.414 e. The molecule has 342 valence electrons. The van der Waals surface area contributed by atoms with E-state index in [1.807, 2.05) is 0 Å². The summed E-state index contributed by atoms with van der Waals surface area (Å²) in [5.74, 6) is 0.0358. The standard InChI is InChI=1S/C51H94N4O4/c1-10-12-14-16-18-20-22-24-26-28-30-32-34-36-38-40-42-46(43-41-39-37-35-33-31-29-27-25-23-21-19-17-15-13-11-2)55(9)45-44-52-47(53-48(56)58-50(3,4)5)54-49(57)59-51(6,7)8/h18-21,24-27,46H,10-17,22-23,28-45H2,1-9H3,(H2,52,53,54,56,57)/b20-18-,21-19-,26-24-,27-25-. The Morgan fingerprint density at radius 2 is 0.864 bits per heavy atom. The number of alkyl carbamates (subject to hydrolysis) is 2. The van der Waals surface area contributed by atoms with Crippen LogP contribution in [0.2, 0.25) is 0 Å². The second kappa shape index (κ2) is 38.1. The van der Waals surface area contributed by atoms with Crippen molar-refractivity contribution in [1.29, 1.82) is 0 Å². The highest BCUT2D eigenvalue weighted by Crippen LogP contribution is 2.19. The lowest BCUT2D eigenvalue weighted by atomic mass is 9.98. The molecule has 0 aromatic rings. The highest BCUT2D eigenvalue weighted by molar-refractivity contribution is 6.01. The van der Waals surface area contributed by atoms with Crippen LogP contribution in [0.15, 0.2) is 53.6 Å². The molecule has 0 aliphatic carbocycles. The number of hydrogen-bond acceptors (Lipinski definition) is 6. The van der Waals surface area contributed by atoms with Gasteiger partial charge in [0.05, 0.1) is 6.54 Å². The first kappa shape index (κ1) is 56.1. The zero-order valence-electron chi connectivity index (χ0n) is 40.0. The molecule has 2 N–H and O–H groups in total. The van der Waals surface area contributed by atoms with Gasteiger partial charge in [-0.1, -0.05) is 152 Å². The molecule has 0 atom stereocenters. The molecule has 0 saturated heterocycles. The molecule has 0 aliphatic heterocycles. The maximum absolute atomic E-state index is 12.6. The largest absolute Gasteiger partial charge is 0.444 e. The van der Waals surface area contributed by atoms with Gasteiger partial charge in [0, 0.05) is 12.6 Å². The van der Waals surface area contributed by atoms with E-state index in [0.717, 1.165) is 12.8 Å². The van der Waals surface area contributed by atoms with Crippen LogP contribution < -0.4 is 10.6 Å². The van der Waals surface area contributed by atoms with Crippen LogP contribution in [0, 0.1) is 0 Å². The molecule has 0 aromatic heterocycles. The molecule has 0 aromatic carbocycles. The third-order valence-corrected chi connectivity index (χ3v) is 10.1. The number of hydrogen-bond donors (Lipinski definition) is 2. The number of nitrogens with zero attached hydrogens (tertiary/aromatic N) is 2. The summed E-state index contributed by atoms with van der Waals surface area (Å²) in [4.78, 5) is 32.1. The van der Waals surface area contributed by atoms with Gasteiger partial charge in [-0.3, -0.25) is 15.6 Å². The van der Waals surface area contributed by atoms with E-state index in [4.69, 9.17) is 9.47 Å². The molecule has 0 unspecified atom stereocenters. The molecule has 0 spiro atoms. The summed E-state index contributed by atoms with van der Waals surface area (Å²) in [6.07, 6.45) is 49.9. The van der Waals surface area contributed by atoms with Crippen LogP contribution in [0.4, 0.5) is 9.59 Å². The van der Waals surface area contributed by atoms with E-state index >= 15 is 0 Å². The van der Waals surface area contributed by atoms with Crippen LogP contribution in [-0.2, 0) is 9.47 Å². The van der Waals surface area contributed by atoms with Crippen molar-refractivity contribution >= 4 is 18.1 Å². The van der Waals surface area contributed by atoms with E-state index in [1.54, 1.807) is 41.5 Å². The van der Waals surface area contributed by atoms with Crippen molar-refractivity contribution < 1.29 is 19.1 Å². The van der Waals surface area contributed by atoms with E-state index in [9.17, 15) is 9.59 Å². The number of amides is 2. The van der Waals surface area contributed by atoms with Crippen LogP contribution in [-0.4, -0.2) is 60.4 Å². The molecule has 0 saturated carbocycles. The van der Waals surface area contributed by atoms with Gasteiger partial charge in [0.2, 0.25) is 5.96 Å². The van der Waals surface area contributed by atoms with E-state index < -0.39 is 23.4 Å². The number of aliphatic imine (C=N–C) groups is 1. The summed E-state index contributed by atoms with van der Waals surface area (Å²) in [5, 5.41) is 5.22. The zero-order valence-corrected chi connectivity index (χ0v) is 40.0. The summed E-state index contributed by atoms with van der Waals surface area (Å²) in [7, 11) is 2.19. The third-order valence-electron chi connectivity index (χ3n) is 10.1. The molecule has 8 heteroatoms. The lowest BCUT2D eigenvalue weighted by molar-refractivity contribution is 0.0545. The molecule has 0 heterocycles. The number of unbranched alkanes of at least 4 members (excludes halogenated alkanes) is 18. The Labute approximate surface area is 365 Å². The van der Waals surface area contributed by atoms with Crippen molar-refractivity contribution in [2.24, 2.45) is 4.99 Å². The fraction of sp³-hybridized carbons (Fsp3) is 0.784. The van der Waals surface area contributed by atoms with E-state index in [2.05, 4.69) is 90.0 Å². The first-order valence-electron chi connectivity index (χ1n) is 24.1. The Hall–Kier alpha value is -2.87. The zero-order chi connectivity index (χ0) is 43.9. The van der Waals surface area contributed by atoms with Crippen molar-refractivity contribution in [3.63, 3.8) is 0 Å². The van der Waals surface area contributed by atoms with Crippen molar-refractivity contribution in [2.45, 2.75) is 240 Å². The Morgan fingerprint density at radius 1 is 0.525 bits per heavy atom. The lowest BCUT2D eigenvalue weighted by Gasteiger charge is -2.28. The van der Waals surface area contributed by atoms with Gasteiger partial charge in [0.15, 0.2) is 0 Å². The van der Waals surface area contributed by atoms with Gasteiger partial charge in [0.25, 0.3) is 0 Å². The van der Waals surface area contributed by atoms with Gasteiger partial charge in [-0.15, -0.1) is 0 Å². The van der Waals surface area contributed by atoms with Gasteiger partial charge in [-0.2, -0.15) is 0 Å². The van der Waals surface area contributed by atoms with E-state index in [-0.39, 0.29) is 5.96 Å². The average molecular weight is 827 g/mol. The van der Waals surface area contributed by atoms with Gasteiger partial charge < -0.3 is 14.4 Å². The van der Waals surface area contributed by atoms with Gasteiger partial charge >= 0.3 is 12.2 Å². The number of carbonyl (C=O) groups excluding carboxylic acids is 2. The summed E-state index contributed by atoms with van der Waals surface area (Å²) < 4.78 is 10.8. The van der Waals surface area contributed by atoms with Crippen molar-refractivity contribution in [2.75, 3.05) is 20.1 Å². The van der Waals surface area contributed by atoms with Crippen LogP contribution >= 0.6 is 0 Å². The Bertz CT molecular complexity index is 1080. The predicted octanol–water partition coefficient (Wildman–Crippen LogP) is 15.1. The molecule has 0 bridgehead atoms. The third kappa shape index (κ3) is 41.6. The molecule has 0 fully saturated rings. The van der Waals surface area contributed by atoms with Crippen LogP contribution in [0.1, 0.15) is 222 Å². The maximum atomic E-state index is 12.6. The quantitative estimate of drug-likeness (QED) is 0.0292. The topological polar surface area (TPSA) is 92.3 Å². The Kier molecular flexibility index (Phi) is 36.2. The average Bonchev–Trinajstić information content (AvgIpc) is 3.15. The molecule has 0 radical (unpaired) electrons. The first-order valence-corrected chi connectivity index (χ1v) is 24.1. The van der Waals surface area contributed by atoms with Crippen LogP contribution in [0.3, 0.4) is 0 Å². The highest BCUT2D eigenvalue weighted by Gasteiger charge is 2.21.